The van der Waals surface area contributed by atoms with Crippen molar-refractivity contribution in [2.24, 2.45) is 11.7 Å². The number of carbonyl (C=O) groups is 3. The summed E-state index contributed by atoms with van der Waals surface area (Å²) in [5, 5.41) is 11.0. The number of nitrogens with zero attached hydrogens (tertiary/aromatic N) is 1. The van der Waals surface area contributed by atoms with Gasteiger partial charge in [0.15, 0.2) is 0 Å². The van der Waals surface area contributed by atoms with Crippen molar-refractivity contribution in [2.75, 3.05) is 13.1 Å². The van der Waals surface area contributed by atoms with E-state index in [1.54, 1.807) is 4.90 Å². The first kappa shape index (κ1) is 13.4. The van der Waals surface area contributed by atoms with E-state index >= 15 is 0 Å². The van der Waals surface area contributed by atoms with Crippen LogP contribution in [-0.4, -0.2) is 47.0 Å². The van der Waals surface area contributed by atoms with E-state index in [9.17, 15) is 14.4 Å². The van der Waals surface area contributed by atoms with Crippen LogP contribution in [0, 0.1) is 5.92 Å². The number of urea groups is 1. The van der Waals surface area contributed by atoms with Crippen LogP contribution in [0.1, 0.15) is 19.8 Å². The van der Waals surface area contributed by atoms with Crippen molar-refractivity contribution < 1.29 is 19.5 Å². The van der Waals surface area contributed by atoms with Crippen LogP contribution in [0.3, 0.4) is 0 Å². The Morgan fingerprint density at radius 2 is 2.12 bits per heavy atom. The normalized spacial score (nSPS) is 24.5. The predicted molar refractivity (Wildman–Crippen MR) is 59.1 cm³/mol. The second-order valence-electron chi connectivity index (χ2n) is 4.25. The Kier molecular flexibility index (Phi) is 4.45. The highest BCUT2D eigenvalue weighted by atomic mass is 16.4. The number of carbonyl (C=O) groups excluding carboxylic acids is 2. The lowest BCUT2D eigenvalue weighted by Crippen LogP contribution is -2.42. The fourth-order valence-corrected chi connectivity index (χ4v) is 2.12. The molecular weight excluding hydrogens is 226 g/mol. The maximum absolute atomic E-state index is 11.2. The summed E-state index contributed by atoms with van der Waals surface area (Å²) in [5.74, 6) is -1.28. The van der Waals surface area contributed by atoms with Gasteiger partial charge in [-0.3, -0.25) is 19.8 Å². The van der Waals surface area contributed by atoms with Gasteiger partial charge in [0.25, 0.3) is 0 Å². The van der Waals surface area contributed by atoms with Gasteiger partial charge in [-0.05, 0) is 18.9 Å². The minimum absolute atomic E-state index is 0.0689. The average molecular weight is 243 g/mol. The number of imide groups is 1. The van der Waals surface area contributed by atoms with E-state index in [4.69, 9.17) is 10.8 Å². The van der Waals surface area contributed by atoms with E-state index in [1.807, 2.05) is 12.2 Å². The third kappa shape index (κ3) is 3.70. The molecule has 1 aliphatic rings. The molecule has 0 saturated carbocycles. The minimum atomic E-state index is -0.889. The number of primary amides is 1. The third-order valence-electron chi connectivity index (χ3n) is 2.95. The Hall–Kier alpha value is -1.63. The monoisotopic (exact) mass is 243 g/mol. The average Bonchev–Trinajstić information content (AvgIpc) is 2.55. The maximum Gasteiger partial charge on any atom is 0.321 e. The van der Waals surface area contributed by atoms with Crippen molar-refractivity contribution >= 4 is 17.9 Å². The Morgan fingerprint density at radius 3 is 2.65 bits per heavy atom. The Morgan fingerprint density at radius 1 is 1.47 bits per heavy atom. The number of aliphatic carboxylic acids is 1. The summed E-state index contributed by atoms with van der Waals surface area (Å²) in [6.45, 7) is 2.85. The molecule has 0 spiro atoms. The first-order chi connectivity index (χ1) is 7.91. The van der Waals surface area contributed by atoms with Crippen LogP contribution in [-0.2, 0) is 9.59 Å². The standard InChI is InChI=1S/C10H17N3O4/c1-6-2-4-13(8(6)9(15)16)5-3-7(14)12-10(11)17/h6,8H,2-5H2,1H3,(H,15,16)(H3,11,12,14,17). The molecule has 96 valence electrons. The first-order valence-electron chi connectivity index (χ1n) is 5.48. The second-order valence-corrected chi connectivity index (χ2v) is 4.25. The van der Waals surface area contributed by atoms with Crippen molar-refractivity contribution in [3.8, 4) is 0 Å². The van der Waals surface area contributed by atoms with Crippen LogP contribution in [0.5, 0.6) is 0 Å². The zero-order valence-corrected chi connectivity index (χ0v) is 9.68. The summed E-state index contributed by atoms with van der Waals surface area (Å²) < 4.78 is 0. The molecule has 1 heterocycles. The molecule has 17 heavy (non-hydrogen) atoms. The van der Waals surface area contributed by atoms with Crippen molar-refractivity contribution in [1.82, 2.24) is 10.2 Å². The molecule has 0 aromatic rings. The van der Waals surface area contributed by atoms with Crippen LogP contribution in [0.4, 0.5) is 4.79 Å². The molecule has 0 aromatic heterocycles. The molecule has 1 rings (SSSR count). The predicted octanol–water partition coefficient (Wildman–Crippen LogP) is -0.634. The van der Waals surface area contributed by atoms with Gasteiger partial charge >= 0.3 is 12.0 Å². The smallest absolute Gasteiger partial charge is 0.321 e. The molecule has 7 heteroatoms. The molecule has 3 amide bonds. The van der Waals surface area contributed by atoms with Gasteiger partial charge in [-0.15, -0.1) is 0 Å². The minimum Gasteiger partial charge on any atom is -0.480 e. The molecule has 7 nitrogen and oxygen atoms in total. The molecule has 2 unspecified atom stereocenters. The molecular formula is C10H17N3O4. The Labute approximate surface area is 98.9 Å². The topological polar surface area (TPSA) is 113 Å². The lowest BCUT2D eigenvalue weighted by Gasteiger charge is -2.22. The fourth-order valence-electron chi connectivity index (χ4n) is 2.12. The van der Waals surface area contributed by atoms with Crippen LogP contribution < -0.4 is 11.1 Å². The van der Waals surface area contributed by atoms with Gasteiger partial charge < -0.3 is 10.8 Å². The first-order valence-corrected chi connectivity index (χ1v) is 5.48. The number of likely N-dealkylation sites (tertiary alicyclic amines) is 1. The quantitative estimate of drug-likeness (QED) is 0.608. The molecule has 4 N–H and O–H groups in total. The summed E-state index contributed by atoms with van der Waals surface area (Å²) >= 11 is 0. The Balaban J connectivity index is 2.43. The number of carboxylic acids is 1. The fraction of sp³-hybridized carbons (Fsp3) is 0.700. The molecule has 1 fully saturated rings. The van der Waals surface area contributed by atoms with Gasteiger partial charge in [0.1, 0.15) is 6.04 Å². The van der Waals surface area contributed by atoms with Crippen LogP contribution >= 0.6 is 0 Å². The van der Waals surface area contributed by atoms with E-state index in [-0.39, 0.29) is 12.3 Å². The van der Waals surface area contributed by atoms with E-state index in [1.165, 1.54) is 0 Å². The van der Waals surface area contributed by atoms with Crippen LogP contribution in [0.25, 0.3) is 0 Å². The molecule has 0 radical (unpaired) electrons. The van der Waals surface area contributed by atoms with Crippen molar-refractivity contribution in [3.63, 3.8) is 0 Å². The summed E-state index contributed by atoms with van der Waals surface area (Å²) in [4.78, 5) is 34.4. The molecule has 2 atom stereocenters. The van der Waals surface area contributed by atoms with Gasteiger partial charge in [0.2, 0.25) is 5.91 Å². The highest BCUT2D eigenvalue weighted by Gasteiger charge is 2.36. The molecule has 0 aromatic carbocycles. The highest BCUT2D eigenvalue weighted by molar-refractivity contribution is 5.93. The zero-order valence-electron chi connectivity index (χ0n) is 9.68. The van der Waals surface area contributed by atoms with Gasteiger partial charge in [-0.1, -0.05) is 6.92 Å². The third-order valence-corrected chi connectivity index (χ3v) is 2.95. The van der Waals surface area contributed by atoms with E-state index < -0.39 is 23.9 Å². The molecule has 0 bridgehead atoms. The van der Waals surface area contributed by atoms with Crippen molar-refractivity contribution in [2.45, 2.75) is 25.8 Å². The number of amides is 3. The summed E-state index contributed by atoms with van der Waals surface area (Å²) in [5.41, 5.74) is 4.80. The summed E-state index contributed by atoms with van der Waals surface area (Å²) in [7, 11) is 0. The maximum atomic E-state index is 11.2. The number of rotatable bonds is 4. The van der Waals surface area contributed by atoms with Crippen molar-refractivity contribution in [3.05, 3.63) is 0 Å². The summed E-state index contributed by atoms with van der Waals surface area (Å²) in [6, 6.07) is -1.43. The van der Waals surface area contributed by atoms with Gasteiger partial charge in [0, 0.05) is 13.0 Å². The van der Waals surface area contributed by atoms with E-state index in [2.05, 4.69) is 0 Å². The molecule has 0 aliphatic carbocycles. The number of hydrogen-bond donors (Lipinski definition) is 3. The number of hydrogen-bond acceptors (Lipinski definition) is 4. The van der Waals surface area contributed by atoms with Crippen LogP contribution in [0.15, 0.2) is 0 Å². The number of carboxylic acid groups (broad SMARTS) is 1. The van der Waals surface area contributed by atoms with Crippen LogP contribution in [0.2, 0.25) is 0 Å². The number of nitrogens with one attached hydrogen (secondary N) is 1. The van der Waals surface area contributed by atoms with Gasteiger partial charge in [-0.25, -0.2) is 4.79 Å². The second kappa shape index (κ2) is 5.62. The molecule has 1 saturated heterocycles. The largest absolute Gasteiger partial charge is 0.480 e. The van der Waals surface area contributed by atoms with Gasteiger partial charge in [-0.2, -0.15) is 0 Å². The SMILES string of the molecule is CC1CCN(CCC(=O)NC(N)=O)C1C(=O)O. The van der Waals surface area contributed by atoms with Gasteiger partial charge in [0.05, 0.1) is 0 Å². The van der Waals surface area contributed by atoms with Crippen molar-refractivity contribution in [1.29, 1.82) is 0 Å². The number of nitrogens with two attached hydrogens (primary N) is 1. The Bertz CT molecular complexity index is 332. The van der Waals surface area contributed by atoms with E-state index in [0.717, 1.165) is 6.42 Å². The highest BCUT2D eigenvalue weighted by Crippen LogP contribution is 2.23. The summed E-state index contributed by atoms with van der Waals surface area (Å²) in [6.07, 6.45) is 0.869. The lowest BCUT2D eigenvalue weighted by molar-refractivity contribution is -0.143. The lowest BCUT2D eigenvalue weighted by atomic mass is 10.0. The zero-order chi connectivity index (χ0) is 13.0. The van der Waals surface area contributed by atoms with E-state index in [0.29, 0.717) is 13.1 Å². The molecule has 1 aliphatic heterocycles.